The summed E-state index contributed by atoms with van der Waals surface area (Å²) < 4.78 is 1.25. The fourth-order valence-electron chi connectivity index (χ4n) is 4.76. The van der Waals surface area contributed by atoms with Crippen LogP contribution in [0.15, 0.2) is 29.1 Å². The van der Waals surface area contributed by atoms with E-state index >= 15 is 0 Å². The van der Waals surface area contributed by atoms with Gasteiger partial charge in [0.1, 0.15) is 0 Å². The predicted molar refractivity (Wildman–Crippen MR) is 92.9 cm³/mol. The van der Waals surface area contributed by atoms with Crippen molar-refractivity contribution in [1.29, 1.82) is 0 Å². The molecule has 0 radical (unpaired) electrons. The van der Waals surface area contributed by atoms with Crippen molar-refractivity contribution < 1.29 is 4.79 Å². The number of nitrogens with one attached hydrogen (secondary N) is 1. The Labute approximate surface area is 141 Å². The second kappa shape index (κ2) is 5.72. The van der Waals surface area contributed by atoms with Gasteiger partial charge in [-0.25, -0.2) is 4.68 Å². The number of aromatic nitrogens is 2. The smallest absolute Gasteiger partial charge is 0.274 e. The van der Waals surface area contributed by atoms with Crippen LogP contribution >= 0.6 is 0 Å². The standard InChI is InChI=1S/C19H23N3O2/c1-11(16-10-12-7-8-13(16)9-12)20-18(23)17-14-5-3-4-6-15(14)19(24)22(2)21-17/h3-6,11-13,16H,7-10H2,1-2H3,(H,20,23)/t11-,12-,13-,16-/m0/s1. The Bertz CT molecular complexity index is 857. The van der Waals surface area contributed by atoms with Crippen molar-refractivity contribution in [3.8, 4) is 0 Å². The van der Waals surface area contributed by atoms with E-state index in [0.717, 1.165) is 11.8 Å². The molecule has 2 aliphatic rings. The van der Waals surface area contributed by atoms with Gasteiger partial charge in [-0.05, 0) is 50.0 Å². The molecule has 0 aliphatic heterocycles. The fourth-order valence-corrected chi connectivity index (χ4v) is 4.76. The first-order valence-corrected chi connectivity index (χ1v) is 8.81. The lowest BCUT2D eigenvalue weighted by atomic mass is 9.84. The third-order valence-corrected chi connectivity index (χ3v) is 5.97. The third kappa shape index (κ3) is 2.43. The van der Waals surface area contributed by atoms with Crippen LogP contribution in [0, 0.1) is 17.8 Å². The van der Waals surface area contributed by atoms with Gasteiger partial charge in [0.15, 0.2) is 5.69 Å². The second-order valence-corrected chi connectivity index (χ2v) is 7.42. The molecule has 1 aromatic carbocycles. The molecule has 2 bridgehead atoms. The molecular formula is C19H23N3O2. The lowest BCUT2D eigenvalue weighted by Gasteiger charge is -2.28. The zero-order valence-corrected chi connectivity index (χ0v) is 14.2. The molecule has 5 nitrogen and oxygen atoms in total. The van der Waals surface area contributed by atoms with E-state index < -0.39 is 0 Å². The van der Waals surface area contributed by atoms with Crippen LogP contribution in [0.4, 0.5) is 0 Å². The van der Waals surface area contributed by atoms with Crippen molar-refractivity contribution in [3.63, 3.8) is 0 Å². The highest BCUT2D eigenvalue weighted by Crippen LogP contribution is 2.49. The Morgan fingerprint density at radius 3 is 2.67 bits per heavy atom. The number of aryl methyl sites for hydroxylation is 1. The van der Waals surface area contributed by atoms with E-state index in [-0.39, 0.29) is 17.5 Å². The Kier molecular flexibility index (Phi) is 3.66. The first-order chi connectivity index (χ1) is 11.5. The number of hydrogen-bond acceptors (Lipinski definition) is 3. The first kappa shape index (κ1) is 15.4. The van der Waals surface area contributed by atoms with E-state index in [1.165, 1.54) is 30.4 Å². The summed E-state index contributed by atoms with van der Waals surface area (Å²) in [6.07, 6.45) is 5.21. The van der Waals surface area contributed by atoms with Gasteiger partial charge in [-0.3, -0.25) is 9.59 Å². The molecular weight excluding hydrogens is 302 g/mol. The molecule has 0 spiro atoms. The first-order valence-electron chi connectivity index (χ1n) is 8.81. The minimum absolute atomic E-state index is 0.144. The van der Waals surface area contributed by atoms with E-state index in [9.17, 15) is 9.59 Å². The van der Waals surface area contributed by atoms with Gasteiger partial charge in [0.05, 0.1) is 5.39 Å². The van der Waals surface area contributed by atoms with Crippen molar-refractivity contribution in [1.82, 2.24) is 15.1 Å². The summed E-state index contributed by atoms with van der Waals surface area (Å²) in [7, 11) is 1.59. The molecule has 2 aromatic rings. The second-order valence-electron chi connectivity index (χ2n) is 7.42. The van der Waals surface area contributed by atoms with Crippen LogP contribution in [-0.2, 0) is 7.05 Å². The molecule has 126 valence electrons. The number of amides is 1. The van der Waals surface area contributed by atoms with Gasteiger partial charge in [0.2, 0.25) is 0 Å². The number of rotatable bonds is 3. The summed E-state index contributed by atoms with van der Waals surface area (Å²) in [6, 6.07) is 7.32. The lowest BCUT2D eigenvalue weighted by molar-refractivity contribution is 0.0910. The average molecular weight is 325 g/mol. The van der Waals surface area contributed by atoms with Gasteiger partial charge in [-0.1, -0.05) is 24.6 Å². The maximum Gasteiger partial charge on any atom is 0.274 e. The number of benzene rings is 1. The number of carbonyl (C=O) groups is 1. The molecule has 1 N–H and O–H groups in total. The highest BCUT2D eigenvalue weighted by molar-refractivity contribution is 6.04. The lowest BCUT2D eigenvalue weighted by Crippen LogP contribution is -2.41. The van der Waals surface area contributed by atoms with E-state index in [0.29, 0.717) is 22.4 Å². The maximum absolute atomic E-state index is 12.8. The average Bonchev–Trinajstić information content (AvgIpc) is 3.21. The van der Waals surface area contributed by atoms with E-state index in [1.54, 1.807) is 19.2 Å². The van der Waals surface area contributed by atoms with Crippen LogP contribution in [0.3, 0.4) is 0 Å². The van der Waals surface area contributed by atoms with E-state index in [1.807, 2.05) is 12.1 Å². The van der Waals surface area contributed by atoms with Crippen LogP contribution in [0.2, 0.25) is 0 Å². The van der Waals surface area contributed by atoms with Crippen LogP contribution in [0.5, 0.6) is 0 Å². The molecule has 0 saturated heterocycles. The molecule has 24 heavy (non-hydrogen) atoms. The van der Waals surface area contributed by atoms with Gasteiger partial charge < -0.3 is 5.32 Å². The number of nitrogens with zero attached hydrogens (tertiary/aromatic N) is 2. The number of carbonyl (C=O) groups excluding carboxylic acids is 1. The quantitative estimate of drug-likeness (QED) is 0.943. The van der Waals surface area contributed by atoms with Crippen molar-refractivity contribution >= 4 is 16.7 Å². The number of hydrogen-bond donors (Lipinski definition) is 1. The van der Waals surface area contributed by atoms with Gasteiger partial charge in [-0.15, -0.1) is 0 Å². The van der Waals surface area contributed by atoms with E-state index in [2.05, 4.69) is 17.3 Å². The summed E-state index contributed by atoms with van der Waals surface area (Å²) in [5.41, 5.74) is 0.158. The molecule has 4 rings (SSSR count). The van der Waals surface area contributed by atoms with Gasteiger partial charge in [-0.2, -0.15) is 5.10 Å². The topological polar surface area (TPSA) is 64.0 Å². The van der Waals surface area contributed by atoms with Crippen LogP contribution in [0.1, 0.15) is 43.1 Å². The molecule has 2 aliphatic carbocycles. The molecule has 1 heterocycles. The summed E-state index contributed by atoms with van der Waals surface area (Å²) in [4.78, 5) is 25.0. The molecule has 1 amide bonds. The zero-order valence-electron chi connectivity index (χ0n) is 14.2. The maximum atomic E-state index is 12.8. The molecule has 0 unspecified atom stereocenters. The molecule has 4 atom stereocenters. The van der Waals surface area contributed by atoms with Crippen molar-refractivity contribution in [2.24, 2.45) is 24.8 Å². The summed E-state index contributed by atoms with van der Waals surface area (Å²) in [5, 5.41) is 8.52. The van der Waals surface area contributed by atoms with Crippen LogP contribution < -0.4 is 10.9 Å². The van der Waals surface area contributed by atoms with Crippen molar-refractivity contribution in [3.05, 3.63) is 40.3 Å². The Morgan fingerprint density at radius 1 is 1.25 bits per heavy atom. The summed E-state index contributed by atoms with van der Waals surface area (Å²) >= 11 is 0. The summed E-state index contributed by atoms with van der Waals surface area (Å²) in [5.74, 6) is 2.01. The van der Waals surface area contributed by atoms with Crippen LogP contribution in [0.25, 0.3) is 10.8 Å². The third-order valence-electron chi connectivity index (χ3n) is 5.97. The van der Waals surface area contributed by atoms with Crippen molar-refractivity contribution in [2.45, 2.75) is 38.6 Å². The Hall–Kier alpha value is -2.17. The summed E-state index contributed by atoms with van der Waals surface area (Å²) in [6.45, 7) is 2.10. The van der Waals surface area contributed by atoms with Gasteiger partial charge in [0, 0.05) is 18.5 Å². The highest BCUT2D eigenvalue weighted by atomic mass is 16.2. The molecule has 2 saturated carbocycles. The van der Waals surface area contributed by atoms with Crippen LogP contribution in [-0.4, -0.2) is 21.7 Å². The highest BCUT2D eigenvalue weighted by Gasteiger charge is 2.42. The van der Waals surface area contributed by atoms with E-state index in [4.69, 9.17) is 0 Å². The normalized spacial score (nSPS) is 26.7. The molecule has 2 fully saturated rings. The number of fused-ring (bicyclic) bond motifs is 3. The fraction of sp³-hybridized carbons (Fsp3) is 0.526. The van der Waals surface area contributed by atoms with Gasteiger partial charge >= 0.3 is 0 Å². The van der Waals surface area contributed by atoms with Gasteiger partial charge in [0.25, 0.3) is 11.5 Å². The Balaban J connectivity index is 1.62. The Morgan fingerprint density at radius 2 is 2.00 bits per heavy atom. The zero-order chi connectivity index (χ0) is 16.8. The molecule has 5 heteroatoms. The monoisotopic (exact) mass is 325 g/mol. The predicted octanol–water partition coefficient (Wildman–Crippen LogP) is 2.49. The molecule has 1 aromatic heterocycles. The minimum Gasteiger partial charge on any atom is -0.348 e. The van der Waals surface area contributed by atoms with Crippen molar-refractivity contribution in [2.75, 3.05) is 0 Å². The largest absolute Gasteiger partial charge is 0.348 e. The SMILES string of the molecule is C[C@H](NC(=O)c1nn(C)c(=O)c2ccccc12)[C@@H]1C[C@H]2CC[C@H]1C2. The minimum atomic E-state index is -0.183.